The fourth-order valence-electron chi connectivity index (χ4n) is 1.56. The summed E-state index contributed by atoms with van der Waals surface area (Å²) in [5.74, 6) is 0. The molecule has 0 rings (SSSR count). The summed E-state index contributed by atoms with van der Waals surface area (Å²) in [6, 6.07) is 0. The van der Waals surface area contributed by atoms with E-state index < -0.39 is 0 Å². The summed E-state index contributed by atoms with van der Waals surface area (Å²) in [6.45, 7) is 12.0. The van der Waals surface area contributed by atoms with E-state index in [0.717, 1.165) is 13.0 Å². The normalized spacial score (nSPS) is 11.4. The van der Waals surface area contributed by atoms with E-state index in [-0.39, 0.29) is 6.10 Å². The highest BCUT2D eigenvalue weighted by Crippen LogP contribution is 1.93. The lowest BCUT2D eigenvalue weighted by Gasteiger charge is -2.09. The maximum Gasteiger partial charge on any atom is 0.0703 e. The van der Waals surface area contributed by atoms with Crippen molar-refractivity contribution >= 4 is 0 Å². The second-order valence-corrected chi connectivity index (χ2v) is 5.08. The van der Waals surface area contributed by atoms with Crippen molar-refractivity contribution in [2.75, 3.05) is 59.5 Å². The van der Waals surface area contributed by atoms with Crippen LogP contribution in [0, 0.1) is 0 Å². The first kappa shape index (κ1) is 20.8. The fourth-order valence-corrected chi connectivity index (χ4v) is 1.56. The van der Waals surface area contributed by atoms with Gasteiger partial charge >= 0.3 is 0 Å². The van der Waals surface area contributed by atoms with Crippen molar-refractivity contribution in [3.8, 4) is 0 Å². The number of ether oxygens (including phenoxy) is 5. The van der Waals surface area contributed by atoms with Crippen molar-refractivity contribution in [1.29, 1.82) is 0 Å². The van der Waals surface area contributed by atoms with Gasteiger partial charge in [-0.2, -0.15) is 0 Å². The van der Waals surface area contributed by atoms with Gasteiger partial charge in [-0.1, -0.05) is 19.8 Å². The third kappa shape index (κ3) is 19.8. The summed E-state index contributed by atoms with van der Waals surface area (Å²) in [4.78, 5) is 0. The molecule has 0 atom stereocenters. The molecule has 0 aliphatic rings. The van der Waals surface area contributed by atoms with E-state index in [1.807, 2.05) is 13.8 Å². The van der Waals surface area contributed by atoms with Crippen molar-refractivity contribution in [1.82, 2.24) is 0 Å². The zero-order valence-electron chi connectivity index (χ0n) is 14.1. The molecular weight excluding hydrogens is 272 g/mol. The molecule has 0 saturated carbocycles. The zero-order valence-corrected chi connectivity index (χ0v) is 14.1. The van der Waals surface area contributed by atoms with Gasteiger partial charge in [0.1, 0.15) is 0 Å². The minimum absolute atomic E-state index is 0.262. The zero-order chi connectivity index (χ0) is 15.6. The molecule has 21 heavy (non-hydrogen) atoms. The topological polar surface area (TPSA) is 46.2 Å². The van der Waals surface area contributed by atoms with Gasteiger partial charge in [-0.15, -0.1) is 0 Å². The van der Waals surface area contributed by atoms with Crippen LogP contribution in [-0.4, -0.2) is 65.6 Å². The van der Waals surface area contributed by atoms with Crippen molar-refractivity contribution < 1.29 is 23.7 Å². The van der Waals surface area contributed by atoms with Gasteiger partial charge in [0.25, 0.3) is 0 Å². The van der Waals surface area contributed by atoms with Gasteiger partial charge < -0.3 is 23.7 Å². The molecule has 0 aliphatic carbocycles. The monoisotopic (exact) mass is 306 g/mol. The Balaban J connectivity index is 2.93. The maximum absolute atomic E-state index is 5.44. The van der Waals surface area contributed by atoms with E-state index in [0.29, 0.717) is 52.9 Å². The van der Waals surface area contributed by atoms with Gasteiger partial charge in [0.15, 0.2) is 0 Å². The smallest absolute Gasteiger partial charge is 0.0703 e. The maximum atomic E-state index is 5.44. The van der Waals surface area contributed by atoms with Gasteiger partial charge in [0.05, 0.1) is 59.0 Å². The quantitative estimate of drug-likeness (QED) is 0.387. The Morgan fingerprint density at radius 2 is 1.00 bits per heavy atom. The minimum atomic E-state index is 0.262. The van der Waals surface area contributed by atoms with Crippen LogP contribution in [0.4, 0.5) is 0 Å². The lowest BCUT2D eigenvalue weighted by molar-refractivity contribution is -0.0176. The summed E-state index contributed by atoms with van der Waals surface area (Å²) in [7, 11) is 0. The Morgan fingerprint density at radius 3 is 1.43 bits per heavy atom. The summed E-state index contributed by atoms with van der Waals surface area (Å²) in [5, 5.41) is 0. The van der Waals surface area contributed by atoms with Gasteiger partial charge in [-0.25, -0.2) is 0 Å². The molecule has 0 amide bonds. The Morgan fingerprint density at radius 1 is 0.571 bits per heavy atom. The predicted octanol–water partition coefficient (Wildman–Crippen LogP) is 2.67. The molecule has 128 valence electrons. The van der Waals surface area contributed by atoms with Crippen LogP contribution < -0.4 is 0 Å². The summed E-state index contributed by atoms with van der Waals surface area (Å²) < 4.78 is 27.0. The Bertz CT molecular complexity index is 188. The van der Waals surface area contributed by atoms with Crippen LogP contribution >= 0.6 is 0 Å². The van der Waals surface area contributed by atoms with Crippen LogP contribution in [-0.2, 0) is 23.7 Å². The number of unbranched alkanes of at least 4 members (excludes halogenated alkanes) is 2. The van der Waals surface area contributed by atoms with Crippen LogP contribution in [0.25, 0.3) is 0 Å². The van der Waals surface area contributed by atoms with Crippen molar-refractivity contribution in [2.45, 2.75) is 46.1 Å². The summed E-state index contributed by atoms with van der Waals surface area (Å²) in [5.41, 5.74) is 0. The average Bonchev–Trinajstić information content (AvgIpc) is 2.46. The van der Waals surface area contributed by atoms with Crippen LogP contribution in [0.2, 0.25) is 0 Å². The Kier molecular flexibility index (Phi) is 17.7. The molecule has 5 nitrogen and oxygen atoms in total. The van der Waals surface area contributed by atoms with Gasteiger partial charge in [0, 0.05) is 6.61 Å². The van der Waals surface area contributed by atoms with Crippen molar-refractivity contribution in [3.05, 3.63) is 0 Å². The highest BCUT2D eigenvalue weighted by Gasteiger charge is 1.94. The first-order chi connectivity index (χ1) is 10.3. The highest BCUT2D eigenvalue weighted by atomic mass is 16.6. The highest BCUT2D eigenvalue weighted by molar-refractivity contribution is 4.39. The molecule has 0 spiro atoms. The summed E-state index contributed by atoms with van der Waals surface area (Å²) in [6.07, 6.45) is 3.87. The third-order valence-electron chi connectivity index (χ3n) is 2.69. The molecule has 0 aromatic heterocycles. The molecule has 0 unspecified atom stereocenters. The molecule has 0 saturated heterocycles. The Labute approximate surface area is 130 Å². The van der Waals surface area contributed by atoms with Crippen LogP contribution in [0.15, 0.2) is 0 Å². The minimum Gasteiger partial charge on any atom is -0.379 e. The van der Waals surface area contributed by atoms with E-state index in [4.69, 9.17) is 23.7 Å². The second kappa shape index (κ2) is 17.9. The SMILES string of the molecule is CCCCCOCCOCCOCCOCCOC(C)C. The molecule has 0 fully saturated rings. The largest absolute Gasteiger partial charge is 0.379 e. The van der Waals surface area contributed by atoms with Crippen molar-refractivity contribution in [3.63, 3.8) is 0 Å². The Hall–Kier alpha value is -0.200. The van der Waals surface area contributed by atoms with Crippen molar-refractivity contribution in [2.24, 2.45) is 0 Å². The second-order valence-electron chi connectivity index (χ2n) is 5.08. The molecule has 0 bridgehead atoms. The molecule has 0 N–H and O–H groups in total. The lowest BCUT2D eigenvalue weighted by atomic mass is 10.3. The van der Waals surface area contributed by atoms with E-state index >= 15 is 0 Å². The van der Waals surface area contributed by atoms with Gasteiger partial charge in [0.2, 0.25) is 0 Å². The standard InChI is InChI=1S/C16H34O5/c1-4-5-6-7-17-8-9-18-10-11-19-12-13-20-14-15-21-16(2)3/h16H,4-15H2,1-3H3. The van der Waals surface area contributed by atoms with E-state index in [2.05, 4.69) is 6.92 Å². The number of hydrogen-bond acceptors (Lipinski definition) is 5. The molecule has 5 heteroatoms. The van der Waals surface area contributed by atoms with E-state index in [9.17, 15) is 0 Å². The fraction of sp³-hybridized carbons (Fsp3) is 1.00. The molecular formula is C16H34O5. The number of rotatable bonds is 17. The third-order valence-corrected chi connectivity index (χ3v) is 2.69. The van der Waals surface area contributed by atoms with E-state index in [1.165, 1.54) is 12.8 Å². The van der Waals surface area contributed by atoms with E-state index in [1.54, 1.807) is 0 Å². The van der Waals surface area contributed by atoms with Gasteiger partial charge in [-0.05, 0) is 20.3 Å². The first-order valence-corrected chi connectivity index (χ1v) is 8.20. The van der Waals surface area contributed by atoms with Crippen LogP contribution in [0.5, 0.6) is 0 Å². The molecule has 0 radical (unpaired) electrons. The molecule has 0 aromatic rings. The molecule has 0 heterocycles. The molecule has 0 aromatic carbocycles. The first-order valence-electron chi connectivity index (χ1n) is 8.20. The number of hydrogen-bond donors (Lipinski definition) is 0. The average molecular weight is 306 g/mol. The summed E-state index contributed by atoms with van der Waals surface area (Å²) >= 11 is 0. The van der Waals surface area contributed by atoms with Gasteiger partial charge in [-0.3, -0.25) is 0 Å². The predicted molar refractivity (Wildman–Crippen MR) is 83.9 cm³/mol. The lowest BCUT2D eigenvalue weighted by Crippen LogP contribution is -2.14. The molecule has 0 aliphatic heterocycles. The van der Waals surface area contributed by atoms with Crippen LogP contribution in [0.1, 0.15) is 40.0 Å². The van der Waals surface area contributed by atoms with Crippen LogP contribution in [0.3, 0.4) is 0 Å².